The standard InChI is InChI=1S/C21H22N2O3/c1-14-11-17-12-16(6-9-19(17)23-21(14)26)13-20(25)22-10-2-3-15-4-7-18(24)8-5-15/h4-9,11-12,24H,2-3,10,13H2,1H3,(H,22,25)(H,23,26). The highest BCUT2D eigenvalue weighted by molar-refractivity contribution is 5.83. The third-order valence-electron chi connectivity index (χ3n) is 4.36. The van der Waals surface area contributed by atoms with E-state index in [1.807, 2.05) is 36.4 Å². The summed E-state index contributed by atoms with van der Waals surface area (Å²) in [6, 6.07) is 14.6. The summed E-state index contributed by atoms with van der Waals surface area (Å²) < 4.78 is 0. The Morgan fingerprint density at radius 2 is 1.81 bits per heavy atom. The average Bonchev–Trinajstić information content (AvgIpc) is 2.61. The molecule has 0 radical (unpaired) electrons. The van der Waals surface area contributed by atoms with Crippen LogP contribution in [-0.4, -0.2) is 22.5 Å². The van der Waals surface area contributed by atoms with Gasteiger partial charge in [0, 0.05) is 17.6 Å². The van der Waals surface area contributed by atoms with Gasteiger partial charge in [-0.05, 0) is 66.6 Å². The second-order valence-corrected chi connectivity index (χ2v) is 6.50. The van der Waals surface area contributed by atoms with Crippen LogP contribution in [0.25, 0.3) is 10.9 Å². The number of rotatable bonds is 6. The summed E-state index contributed by atoms with van der Waals surface area (Å²) in [5, 5.41) is 13.1. The maximum absolute atomic E-state index is 12.1. The van der Waals surface area contributed by atoms with E-state index in [9.17, 15) is 14.7 Å². The lowest BCUT2D eigenvalue weighted by atomic mass is 10.1. The Kier molecular flexibility index (Phi) is 5.37. The van der Waals surface area contributed by atoms with Crippen LogP contribution in [0.15, 0.2) is 53.3 Å². The highest BCUT2D eigenvalue weighted by atomic mass is 16.3. The fraction of sp³-hybridized carbons (Fsp3) is 0.238. The smallest absolute Gasteiger partial charge is 0.251 e. The number of nitrogens with one attached hydrogen (secondary N) is 2. The molecule has 0 saturated carbocycles. The Morgan fingerprint density at radius 1 is 1.08 bits per heavy atom. The molecule has 5 heteroatoms. The molecule has 1 heterocycles. The molecule has 0 bridgehead atoms. The van der Waals surface area contributed by atoms with Crippen molar-refractivity contribution in [2.24, 2.45) is 0 Å². The molecule has 3 aromatic rings. The fourth-order valence-electron chi connectivity index (χ4n) is 2.91. The zero-order valence-electron chi connectivity index (χ0n) is 14.7. The van der Waals surface area contributed by atoms with Crippen LogP contribution in [0, 0.1) is 6.92 Å². The van der Waals surface area contributed by atoms with Gasteiger partial charge in [0.2, 0.25) is 5.91 Å². The second kappa shape index (κ2) is 7.87. The number of aromatic amines is 1. The number of carbonyl (C=O) groups is 1. The first-order chi connectivity index (χ1) is 12.5. The molecule has 134 valence electrons. The Bertz CT molecular complexity index is 975. The first kappa shape index (κ1) is 17.7. The molecular weight excluding hydrogens is 328 g/mol. The molecule has 1 aromatic heterocycles. The predicted molar refractivity (Wildman–Crippen MR) is 102 cm³/mol. The quantitative estimate of drug-likeness (QED) is 0.598. The number of amides is 1. The van der Waals surface area contributed by atoms with Crippen LogP contribution >= 0.6 is 0 Å². The number of phenolic OH excluding ortho intramolecular Hbond substituents is 1. The van der Waals surface area contributed by atoms with Gasteiger partial charge in [0.15, 0.2) is 0 Å². The maximum Gasteiger partial charge on any atom is 0.251 e. The van der Waals surface area contributed by atoms with Crippen molar-refractivity contribution in [2.45, 2.75) is 26.2 Å². The van der Waals surface area contributed by atoms with Crippen LogP contribution < -0.4 is 10.9 Å². The van der Waals surface area contributed by atoms with Gasteiger partial charge in [-0.1, -0.05) is 18.2 Å². The highest BCUT2D eigenvalue weighted by Gasteiger charge is 2.05. The first-order valence-electron chi connectivity index (χ1n) is 8.68. The van der Waals surface area contributed by atoms with E-state index in [-0.39, 0.29) is 17.2 Å². The number of pyridine rings is 1. The summed E-state index contributed by atoms with van der Waals surface area (Å²) in [6.45, 7) is 2.38. The van der Waals surface area contributed by atoms with Gasteiger partial charge >= 0.3 is 0 Å². The van der Waals surface area contributed by atoms with Crippen LogP contribution in [0.4, 0.5) is 0 Å². The molecule has 0 unspecified atom stereocenters. The molecule has 0 aliphatic rings. The van der Waals surface area contributed by atoms with Gasteiger partial charge in [-0.25, -0.2) is 0 Å². The Morgan fingerprint density at radius 3 is 2.58 bits per heavy atom. The monoisotopic (exact) mass is 350 g/mol. The lowest BCUT2D eigenvalue weighted by Gasteiger charge is -2.07. The number of hydrogen-bond donors (Lipinski definition) is 3. The number of phenols is 1. The van der Waals surface area contributed by atoms with Crippen LogP contribution in [-0.2, 0) is 17.6 Å². The van der Waals surface area contributed by atoms with Gasteiger partial charge in [-0.2, -0.15) is 0 Å². The van der Waals surface area contributed by atoms with E-state index in [4.69, 9.17) is 0 Å². The van der Waals surface area contributed by atoms with Crippen molar-refractivity contribution in [3.63, 3.8) is 0 Å². The lowest BCUT2D eigenvalue weighted by molar-refractivity contribution is -0.120. The van der Waals surface area contributed by atoms with Gasteiger partial charge in [-0.15, -0.1) is 0 Å². The number of carbonyl (C=O) groups excluding carboxylic acids is 1. The summed E-state index contributed by atoms with van der Waals surface area (Å²) in [7, 11) is 0. The second-order valence-electron chi connectivity index (χ2n) is 6.50. The minimum absolute atomic E-state index is 0.0174. The molecule has 0 atom stereocenters. The van der Waals surface area contributed by atoms with Crippen LogP contribution in [0.5, 0.6) is 5.75 Å². The van der Waals surface area contributed by atoms with Gasteiger partial charge < -0.3 is 15.4 Å². The number of aromatic hydroxyl groups is 1. The zero-order chi connectivity index (χ0) is 18.5. The van der Waals surface area contributed by atoms with Crippen molar-refractivity contribution in [3.8, 4) is 5.75 Å². The molecule has 0 aliphatic heterocycles. The van der Waals surface area contributed by atoms with E-state index in [0.29, 0.717) is 18.5 Å². The van der Waals surface area contributed by atoms with Crippen molar-refractivity contribution in [1.82, 2.24) is 10.3 Å². The summed E-state index contributed by atoms with van der Waals surface area (Å²) >= 11 is 0. The molecular formula is C21H22N2O3. The van der Waals surface area contributed by atoms with Crippen LogP contribution in [0.3, 0.4) is 0 Å². The molecule has 0 spiro atoms. The number of fused-ring (bicyclic) bond motifs is 1. The topological polar surface area (TPSA) is 82.2 Å². The van der Waals surface area contributed by atoms with E-state index in [1.54, 1.807) is 19.1 Å². The molecule has 0 saturated heterocycles. The first-order valence-corrected chi connectivity index (χ1v) is 8.68. The zero-order valence-corrected chi connectivity index (χ0v) is 14.7. The van der Waals surface area contributed by atoms with E-state index in [0.717, 1.165) is 34.9 Å². The fourth-order valence-corrected chi connectivity index (χ4v) is 2.91. The number of aromatic nitrogens is 1. The summed E-state index contributed by atoms with van der Waals surface area (Å²) in [5.41, 5.74) is 3.40. The largest absolute Gasteiger partial charge is 0.508 e. The minimum Gasteiger partial charge on any atom is -0.508 e. The van der Waals surface area contributed by atoms with Crippen molar-refractivity contribution in [3.05, 3.63) is 75.6 Å². The molecule has 5 nitrogen and oxygen atoms in total. The number of H-pyrrole nitrogens is 1. The van der Waals surface area contributed by atoms with E-state index in [1.165, 1.54) is 0 Å². The maximum atomic E-state index is 12.1. The molecule has 0 aliphatic carbocycles. The molecule has 0 fully saturated rings. The number of hydrogen-bond acceptors (Lipinski definition) is 3. The summed E-state index contributed by atoms with van der Waals surface area (Å²) in [5.74, 6) is 0.243. The molecule has 26 heavy (non-hydrogen) atoms. The SMILES string of the molecule is Cc1cc2cc(CC(=O)NCCCc3ccc(O)cc3)ccc2[nH]c1=O. The third kappa shape index (κ3) is 4.51. The van der Waals surface area contributed by atoms with E-state index < -0.39 is 0 Å². The van der Waals surface area contributed by atoms with E-state index >= 15 is 0 Å². The third-order valence-corrected chi connectivity index (χ3v) is 4.36. The van der Waals surface area contributed by atoms with Crippen LogP contribution in [0.1, 0.15) is 23.1 Å². The predicted octanol–water partition coefficient (Wildman–Crippen LogP) is 2.83. The molecule has 2 aromatic carbocycles. The van der Waals surface area contributed by atoms with Crippen molar-refractivity contribution in [1.29, 1.82) is 0 Å². The van der Waals surface area contributed by atoms with Crippen molar-refractivity contribution < 1.29 is 9.90 Å². The highest BCUT2D eigenvalue weighted by Crippen LogP contribution is 2.14. The average molecular weight is 350 g/mol. The number of benzene rings is 2. The number of aryl methyl sites for hydroxylation is 2. The van der Waals surface area contributed by atoms with Crippen LogP contribution in [0.2, 0.25) is 0 Å². The minimum atomic E-state index is -0.0865. The van der Waals surface area contributed by atoms with Gasteiger partial charge in [0.25, 0.3) is 5.56 Å². The van der Waals surface area contributed by atoms with Gasteiger partial charge in [-0.3, -0.25) is 9.59 Å². The Labute approximate surface area is 151 Å². The summed E-state index contributed by atoms with van der Waals surface area (Å²) in [4.78, 5) is 26.6. The van der Waals surface area contributed by atoms with Crippen molar-refractivity contribution in [2.75, 3.05) is 6.54 Å². The van der Waals surface area contributed by atoms with Crippen molar-refractivity contribution >= 4 is 16.8 Å². The van der Waals surface area contributed by atoms with E-state index in [2.05, 4.69) is 10.3 Å². The molecule has 3 N–H and O–H groups in total. The normalized spacial score (nSPS) is 10.8. The Balaban J connectivity index is 1.51. The summed E-state index contributed by atoms with van der Waals surface area (Å²) in [6.07, 6.45) is 2.01. The van der Waals surface area contributed by atoms with Gasteiger partial charge in [0.1, 0.15) is 5.75 Å². The van der Waals surface area contributed by atoms with Gasteiger partial charge in [0.05, 0.1) is 6.42 Å². The molecule has 3 rings (SSSR count). The molecule has 1 amide bonds. The Hall–Kier alpha value is -3.08. The lowest BCUT2D eigenvalue weighted by Crippen LogP contribution is -2.26.